The molecule has 0 aliphatic rings. The fraction of sp³-hybridized carbons (Fsp3) is 0.350. The van der Waals surface area contributed by atoms with Gasteiger partial charge < -0.3 is 10.6 Å². The van der Waals surface area contributed by atoms with Gasteiger partial charge in [0.05, 0.1) is 6.04 Å². The Balaban J connectivity index is 2.01. The van der Waals surface area contributed by atoms with Gasteiger partial charge in [-0.1, -0.05) is 41.4 Å². The summed E-state index contributed by atoms with van der Waals surface area (Å²) >= 11 is 12.1. The number of nitrogens with one attached hydrogen (secondary N) is 2. The van der Waals surface area contributed by atoms with E-state index in [2.05, 4.69) is 10.6 Å². The van der Waals surface area contributed by atoms with Crippen LogP contribution in [0.25, 0.3) is 0 Å². The van der Waals surface area contributed by atoms with E-state index < -0.39 is 10.8 Å². The Morgan fingerprint density at radius 1 is 1.15 bits per heavy atom. The summed E-state index contributed by atoms with van der Waals surface area (Å²) in [6.45, 7) is 7.68. The predicted molar refractivity (Wildman–Crippen MR) is 115 cm³/mol. The van der Waals surface area contributed by atoms with E-state index in [1.54, 1.807) is 24.3 Å². The number of rotatable bonds is 5. The smallest absolute Gasteiger partial charge is 0.319 e. The number of urea groups is 1. The molecule has 0 saturated carbocycles. The topological polar surface area (TPSA) is 58.2 Å². The van der Waals surface area contributed by atoms with E-state index in [0.717, 1.165) is 11.1 Å². The molecule has 0 aromatic heterocycles. The minimum atomic E-state index is -1.00. The van der Waals surface area contributed by atoms with Gasteiger partial charge >= 0.3 is 6.03 Å². The molecular formula is C20H24Cl2N2O2S. The summed E-state index contributed by atoms with van der Waals surface area (Å²) in [7, 11) is -1.00. The molecule has 2 unspecified atom stereocenters. The summed E-state index contributed by atoms with van der Waals surface area (Å²) < 4.78 is 12.0. The number of amides is 2. The Bertz CT molecular complexity index is 850. The predicted octanol–water partition coefficient (Wildman–Crippen LogP) is 5.92. The molecule has 2 atom stereocenters. The van der Waals surface area contributed by atoms with Gasteiger partial charge in [-0.05, 0) is 63.1 Å². The quantitative estimate of drug-likeness (QED) is 0.622. The molecule has 2 aromatic rings. The lowest BCUT2D eigenvalue weighted by molar-refractivity contribution is 0.249. The lowest BCUT2D eigenvalue weighted by atomic mass is 10.1. The zero-order valence-electron chi connectivity index (χ0n) is 15.8. The number of anilines is 1. The van der Waals surface area contributed by atoms with Crippen LogP contribution in [0.2, 0.25) is 10.0 Å². The van der Waals surface area contributed by atoms with Gasteiger partial charge in [-0.25, -0.2) is 4.79 Å². The van der Waals surface area contributed by atoms with Gasteiger partial charge in [0, 0.05) is 37.0 Å². The molecule has 0 aliphatic heterocycles. The molecule has 0 saturated heterocycles. The van der Waals surface area contributed by atoms with E-state index >= 15 is 0 Å². The number of benzene rings is 2. The van der Waals surface area contributed by atoms with E-state index in [0.29, 0.717) is 21.5 Å². The third-order valence-electron chi connectivity index (χ3n) is 3.94. The van der Waals surface area contributed by atoms with Gasteiger partial charge in [0.1, 0.15) is 0 Å². The molecule has 0 aliphatic carbocycles. The van der Waals surface area contributed by atoms with Crippen molar-refractivity contribution < 1.29 is 9.00 Å². The average molecular weight is 427 g/mol. The molecule has 7 heteroatoms. The van der Waals surface area contributed by atoms with Crippen LogP contribution in [-0.2, 0) is 16.6 Å². The van der Waals surface area contributed by atoms with Crippen molar-refractivity contribution in [3.05, 3.63) is 63.6 Å². The van der Waals surface area contributed by atoms with Crippen LogP contribution in [0.3, 0.4) is 0 Å². The minimum Gasteiger partial charge on any atom is -0.331 e. The van der Waals surface area contributed by atoms with E-state index in [1.807, 2.05) is 45.9 Å². The first kappa shape index (κ1) is 21.7. The molecule has 0 spiro atoms. The lowest BCUT2D eigenvalue weighted by Crippen LogP contribution is -2.31. The molecule has 2 rings (SSSR count). The van der Waals surface area contributed by atoms with Crippen LogP contribution in [0.5, 0.6) is 0 Å². The summed E-state index contributed by atoms with van der Waals surface area (Å²) in [5.74, 6) is 0.442. The molecule has 2 N–H and O–H groups in total. The second-order valence-corrected chi connectivity index (χ2v) is 10.3. The summed E-state index contributed by atoms with van der Waals surface area (Å²) in [5.41, 5.74) is 2.34. The van der Waals surface area contributed by atoms with E-state index in [9.17, 15) is 9.00 Å². The number of carbonyl (C=O) groups excluding carboxylic acids is 1. The SMILES string of the molecule is CC(NC(=O)Nc1cccc(CS(=O)C(C)(C)C)c1)c1ccc(Cl)cc1Cl. The molecule has 0 heterocycles. The highest BCUT2D eigenvalue weighted by Gasteiger charge is 2.19. The van der Waals surface area contributed by atoms with Crippen molar-refractivity contribution in [1.82, 2.24) is 5.32 Å². The Labute approximate surface area is 173 Å². The molecule has 0 fully saturated rings. The lowest BCUT2D eigenvalue weighted by Gasteiger charge is -2.18. The van der Waals surface area contributed by atoms with Crippen LogP contribution in [0.15, 0.2) is 42.5 Å². The van der Waals surface area contributed by atoms with Gasteiger partial charge in [0.25, 0.3) is 0 Å². The molecule has 146 valence electrons. The Kier molecular flexibility index (Phi) is 7.32. The van der Waals surface area contributed by atoms with Crippen LogP contribution in [-0.4, -0.2) is 15.0 Å². The van der Waals surface area contributed by atoms with Crippen molar-refractivity contribution in [3.8, 4) is 0 Å². The Morgan fingerprint density at radius 3 is 2.48 bits per heavy atom. The van der Waals surface area contributed by atoms with Crippen molar-refractivity contribution in [1.29, 1.82) is 0 Å². The highest BCUT2D eigenvalue weighted by atomic mass is 35.5. The number of carbonyl (C=O) groups is 1. The molecule has 0 bridgehead atoms. The summed E-state index contributed by atoms with van der Waals surface area (Å²) in [4.78, 5) is 12.3. The number of halogens is 2. The van der Waals surface area contributed by atoms with Crippen molar-refractivity contribution in [2.24, 2.45) is 0 Å². The molecule has 0 radical (unpaired) electrons. The van der Waals surface area contributed by atoms with Crippen molar-refractivity contribution in [2.75, 3.05) is 5.32 Å². The monoisotopic (exact) mass is 426 g/mol. The van der Waals surface area contributed by atoms with Crippen LogP contribution >= 0.6 is 23.2 Å². The Morgan fingerprint density at radius 2 is 1.85 bits per heavy atom. The van der Waals surface area contributed by atoms with Crippen LogP contribution < -0.4 is 10.6 Å². The second kappa shape index (κ2) is 9.09. The average Bonchev–Trinajstić information content (AvgIpc) is 2.53. The van der Waals surface area contributed by atoms with Gasteiger partial charge in [-0.15, -0.1) is 0 Å². The first-order valence-electron chi connectivity index (χ1n) is 8.56. The zero-order valence-corrected chi connectivity index (χ0v) is 18.1. The van der Waals surface area contributed by atoms with Crippen molar-refractivity contribution in [2.45, 2.75) is 44.2 Å². The Hall–Kier alpha value is -1.56. The van der Waals surface area contributed by atoms with Crippen LogP contribution in [0.4, 0.5) is 10.5 Å². The second-order valence-electron chi connectivity index (χ2n) is 7.29. The maximum Gasteiger partial charge on any atom is 0.319 e. The van der Waals surface area contributed by atoms with Crippen LogP contribution in [0.1, 0.15) is 44.9 Å². The fourth-order valence-electron chi connectivity index (χ4n) is 2.40. The summed E-state index contributed by atoms with van der Waals surface area (Å²) in [6.07, 6.45) is 0. The zero-order chi connectivity index (χ0) is 20.2. The first-order chi connectivity index (χ1) is 12.6. The summed E-state index contributed by atoms with van der Waals surface area (Å²) in [5, 5.41) is 6.71. The molecule has 4 nitrogen and oxygen atoms in total. The summed E-state index contributed by atoms with van der Waals surface area (Å²) in [6, 6.07) is 11.9. The largest absolute Gasteiger partial charge is 0.331 e. The number of hydrogen-bond donors (Lipinski definition) is 2. The standard InChI is InChI=1S/C20H24Cl2N2O2S/c1-13(17-9-8-15(21)11-18(17)22)23-19(25)24-16-7-5-6-14(10-16)12-27(26)20(2,3)4/h5-11,13H,12H2,1-4H3,(H2,23,24,25). The first-order valence-corrected chi connectivity index (χ1v) is 10.6. The maximum absolute atomic E-state index is 12.3. The fourth-order valence-corrected chi connectivity index (χ4v) is 3.89. The van der Waals surface area contributed by atoms with Gasteiger partial charge in [-0.2, -0.15) is 0 Å². The highest BCUT2D eigenvalue weighted by molar-refractivity contribution is 7.85. The van der Waals surface area contributed by atoms with E-state index in [-0.39, 0.29) is 16.8 Å². The third kappa shape index (κ3) is 6.52. The molecular weight excluding hydrogens is 403 g/mol. The van der Waals surface area contributed by atoms with Gasteiger partial charge in [-0.3, -0.25) is 4.21 Å². The normalized spacial score (nSPS) is 13.7. The van der Waals surface area contributed by atoms with Crippen LogP contribution in [0, 0.1) is 0 Å². The molecule has 2 amide bonds. The number of hydrogen-bond acceptors (Lipinski definition) is 2. The van der Waals surface area contributed by atoms with Crippen molar-refractivity contribution >= 4 is 45.7 Å². The van der Waals surface area contributed by atoms with E-state index in [1.165, 1.54) is 0 Å². The highest BCUT2D eigenvalue weighted by Crippen LogP contribution is 2.26. The van der Waals surface area contributed by atoms with Gasteiger partial charge in [0.15, 0.2) is 0 Å². The maximum atomic E-state index is 12.3. The molecule has 2 aromatic carbocycles. The van der Waals surface area contributed by atoms with E-state index in [4.69, 9.17) is 23.2 Å². The van der Waals surface area contributed by atoms with Gasteiger partial charge in [0.2, 0.25) is 0 Å². The molecule has 27 heavy (non-hydrogen) atoms. The minimum absolute atomic E-state index is 0.284. The van der Waals surface area contributed by atoms with Crippen molar-refractivity contribution in [3.63, 3.8) is 0 Å². The third-order valence-corrected chi connectivity index (χ3v) is 6.47.